The second kappa shape index (κ2) is 5.82. The summed E-state index contributed by atoms with van der Waals surface area (Å²) in [7, 11) is -3.52. The van der Waals surface area contributed by atoms with E-state index in [0.29, 0.717) is 6.61 Å². The van der Waals surface area contributed by atoms with Gasteiger partial charge in [0.25, 0.3) is 0 Å². The Kier molecular flexibility index (Phi) is 4.90. The summed E-state index contributed by atoms with van der Waals surface area (Å²) in [5.74, 6) is -0.340. The molecule has 0 saturated heterocycles. The average molecular weight is 271 g/mol. The van der Waals surface area contributed by atoms with E-state index < -0.39 is 10.0 Å². The van der Waals surface area contributed by atoms with Crippen LogP contribution in [0.4, 0.5) is 0 Å². The molecule has 2 N–H and O–H groups in total. The van der Waals surface area contributed by atoms with Crippen LogP contribution in [0.2, 0.25) is 0 Å². The maximum Gasteiger partial charge on any atom is 0.209 e. The average Bonchev–Trinajstić information content (AvgIpc) is 2.23. The van der Waals surface area contributed by atoms with Gasteiger partial charge in [-0.2, -0.15) is 0 Å². The van der Waals surface area contributed by atoms with Crippen LogP contribution in [-0.2, 0) is 14.8 Å². The highest BCUT2D eigenvalue weighted by molar-refractivity contribution is 7.89. The van der Waals surface area contributed by atoms with Crippen LogP contribution in [-0.4, -0.2) is 26.4 Å². The van der Waals surface area contributed by atoms with Crippen molar-refractivity contribution >= 4 is 10.0 Å². The van der Waals surface area contributed by atoms with Gasteiger partial charge < -0.3 is 4.74 Å². The number of hydrogen-bond donors (Lipinski definition) is 1. The molecule has 0 spiro atoms. The molecule has 1 unspecified atom stereocenters. The lowest BCUT2D eigenvalue weighted by molar-refractivity contribution is -0.00854. The molecule has 102 valence electrons. The first-order valence-corrected chi connectivity index (χ1v) is 7.58. The monoisotopic (exact) mass is 271 g/mol. The molecule has 0 saturated carbocycles. The summed E-state index contributed by atoms with van der Waals surface area (Å²) in [6, 6.07) is 9.43. The second-order valence-electron chi connectivity index (χ2n) is 5.36. The Morgan fingerprint density at radius 3 is 2.22 bits per heavy atom. The maximum absolute atomic E-state index is 11.3. The minimum Gasteiger partial charge on any atom is -0.375 e. The second-order valence-corrected chi connectivity index (χ2v) is 7.02. The Bertz CT molecular complexity index is 463. The third-order valence-electron chi connectivity index (χ3n) is 2.42. The fourth-order valence-corrected chi connectivity index (χ4v) is 2.45. The summed E-state index contributed by atoms with van der Waals surface area (Å²) in [5, 5.41) is 5.13. The molecule has 0 aliphatic rings. The van der Waals surface area contributed by atoms with Crippen molar-refractivity contribution in [2.75, 3.05) is 12.4 Å². The molecule has 0 heterocycles. The van der Waals surface area contributed by atoms with Crippen LogP contribution in [0.1, 0.15) is 32.3 Å². The van der Waals surface area contributed by atoms with E-state index in [-0.39, 0.29) is 17.3 Å². The molecular formula is C13H21NO3S. The summed E-state index contributed by atoms with van der Waals surface area (Å²) < 4.78 is 28.2. The molecule has 1 atom stereocenters. The number of rotatable bonds is 5. The molecule has 1 aromatic carbocycles. The van der Waals surface area contributed by atoms with Crippen molar-refractivity contribution in [1.82, 2.24) is 0 Å². The van der Waals surface area contributed by atoms with Crippen molar-refractivity contribution in [1.29, 1.82) is 0 Å². The molecule has 0 aliphatic heterocycles. The van der Waals surface area contributed by atoms with Crippen molar-refractivity contribution in [2.45, 2.75) is 32.3 Å². The van der Waals surface area contributed by atoms with Crippen molar-refractivity contribution in [3.05, 3.63) is 35.9 Å². The van der Waals surface area contributed by atoms with Gasteiger partial charge in [-0.3, -0.25) is 0 Å². The fourth-order valence-electron chi connectivity index (χ4n) is 1.60. The molecule has 4 nitrogen and oxygen atoms in total. The van der Waals surface area contributed by atoms with Gasteiger partial charge in [0.15, 0.2) is 0 Å². The zero-order valence-electron chi connectivity index (χ0n) is 11.1. The predicted octanol–water partition coefficient (Wildman–Crippen LogP) is 1.87. The van der Waals surface area contributed by atoms with E-state index in [0.717, 1.165) is 5.56 Å². The normalized spacial score (nSPS) is 14.4. The smallest absolute Gasteiger partial charge is 0.209 e. The largest absolute Gasteiger partial charge is 0.375 e. The SMILES string of the molecule is CC(C)(C)OCC(CS(N)(=O)=O)c1ccccc1. The molecule has 18 heavy (non-hydrogen) atoms. The summed E-state index contributed by atoms with van der Waals surface area (Å²) in [6.07, 6.45) is 0. The number of ether oxygens (including phenoxy) is 1. The number of hydrogen-bond acceptors (Lipinski definition) is 3. The van der Waals surface area contributed by atoms with Gasteiger partial charge >= 0.3 is 0 Å². The third kappa shape index (κ3) is 6.14. The van der Waals surface area contributed by atoms with Gasteiger partial charge in [-0.15, -0.1) is 0 Å². The summed E-state index contributed by atoms with van der Waals surface area (Å²) >= 11 is 0. The summed E-state index contributed by atoms with van der Waals surface area (Å²) in [5.41, 5.74) is 0.626. The Hall–Kier alpha value is -0.910. The van der Waals surface area contributed by atoms with E-state index in [1.807, 2.05) is 51.1 Å². The van der Waals surface area contributed by atoms with Crippen LogP contribution < -0.4 is 5.14 Å². The minimum absolute atomic E-state index is 0.104. The van der Waals surface area contributed by atoms with Crippen LogP contribution >= 0.6 is 0 Å². The molecule has 0 aromatic heterocycles. The van der Waals surface area contributed by atoms with Crippen molar-refractivity contribution < 1.29 is 13.2 Å². The highest BCUT2D eigenvalue weighted by atomic mass is 32.2. The van der Waals surface area contributed by atoms with Gasteiger partial charge in [-0.25, -0.2) is 13.6 Å². The number of nitrogens with two attached hydrogens (primary N) is 1. The highest BCUT2D eigenvalue weighted by Gasteiger charge is 2.21. The topological polar surface area (TPSA) is 69.4 Å². The molecule has 0 radical (unpaired) electrons. The van der Waals surface area contributed by atoms with E-state index in [1.54, 1.807) is 0 Å². The van der Waals surface area contributed by atoms with E-state index in [2.05, 4.69) is 0 Å². The van der Waals surface area contributed by atoms with Crippen molar-refractivity contribution in [3.63, 3.8) is 0 Å². The number of primary sulfonamides is 1. The molecular weight excluding hydrogens is 250 g/mol. The van der Waals surface area contributed by atoms with E-state index in [4.69, 9.17) is 9.88 Å². The molecule has 5 heteroatoms. The quantitative estimate of drug-likeness (QED) is 0.889. The van der Waals surface area contributed by atoms with Crippen LogP contribution in [0.15, 0.2) is 30.3 Å². The lowest BCUT2D eigenvalue weighted by atomic mass is 10.0. The van der Waals surface area contributed by atoms with Crippen molar-refractivity contribution in [3.8, 4) is 0 Å². The summed E-state index contributed by atoms with van der Waals surface area (Å²) in [6.45, 7) is 6.15. The lowest BCUT2D eigenvalue weighted by Crippen LogP contribution is -2.28. The molecule has 1 aromatic rings. The van der Waals surface area contributed by atoms with Gasteiger partial charge in [0.2, 0.25) is 10.0 Å². The standard InChI is InChI=1S/C13H21NO3S/c1-13(2,3)17-9-12(10-18(14,15)16)11-7-5-4-6-8-11/h4-8,12H,9-10H2,1-3H3,(H2,14,15,16). The molecule has 0 fully saturated rings. The van der Waals surface area contributed by atoms with Gasteiger partial charge in [-0.05, 0) is 26.3 Å². The van der Waals surface area contributed by atoms with Crippen LogP contribution in [0.5, 0.6) is 0 Å². The molecule has 0 amide bonds. The fraction of sp³-hybridized carbons (Fsp3) is 0.538. The van der Waals surface area contributed by atoms with Crippen molar-refractivity contribution in [2.24, 2.45) is 5.14 Å². The highest BCUT2D eigenvalue weighted by Crippen LogP contribution is 2.20. The molecule has 1 rings (SSSR count). The van der Waals surface area contributed by atoms with Gasteiger partial charge in [0, 0.05) is 5.92 Å². The lowest BCUT2D eigenvalue weighted by Gasteiger charge is -2.24. The van der Waals surface area contributed by atoms with Gasteiger partial charge in [0.1, 0.15) is 0 Å². The predicted molar refractivity (Wildman–Crippen MR) is 72.9 cm³/mol. The summed E-state index contributed by atoms with van der Waals surface area (Å²) in [4.78, 5) is 0. The maximum atomic E-state index is 11.3. The van der Waals surface area contributed by atoms with Crippen LogP contribution in [0, 0.1) is 0 Å². The van der Waals surface area contributed by atoms with Crippen LogP contribution in [0.3, 0.4) is 0 Å². The molecule has 0 aliphatic carbocycles. The third-order valence-corrected chi connectivity index (χ3v) is 3.29. The number of sulfonamides is 1. The van der Waals surface area contributed by atoms with E-state index in [1.165, 1.54) is 0 Å². The van der Waals surface area contributed by atoms with Gasteiger partial charge in [-0.1, -0.05) is 30.3 Å². The first-order valence-electron chi connectivity index (χ1n) is 5.87. The first kappa shape index (κ1) is 15.1. The molecule has 0 bridgehead atoms. The zero-order chi connectivity index (χ0) is 13.8. The van der Waals surface area contributed by atoms with Crippen LogP contribution in [0.25, 0.3) is 0 Å². The number of benzene rings is 1. The Morgan fingerprint density at radius 1 is 1.22 bits per heavy atom. The first-order chi connectivity index (χ1) is 8.17. The Balaban J connectivity index is 2.83. The van der Waals surface area contributed by atoms with E-state index in [9.17, 15) is 8.42 Å². The Labute approximate surface area is 109 Å². The van der Waals surface area contributed by atoms with Gasteiger partial charge in [0.05, 0.1) is 18.0 Å². The van der Waals surface area contributed by atoms with E-state index >= 15 is 0 Å². The Morgan fingerprint density at radius 2 is 1.78 bits per heavy atom. The zero-order valence-corrected chi connectivity index (χ0v) is 11.9. The minimum atomic E-state index is -3.52.